The second-order valence-electron chi connectivity index (χ2n) is 13.6. The fourth-order valence-electron chi connectivity index (χ4n) is 6.63. The first-order valence-corrected chi connectivity index (χ1v) is 23.8. The summed E-state index contributed by atoms with van der Waals surface area (Å²) in [6.45, 7) is 3.05. The number of primary sulfonamides is 1. The van der Waals surface area contributed by atoms with Crippen LogP contribution in [-0.4, -0.2) is 77.2 Å². The maximum Gasteiger partial charge on any atom is 0.247 e. The molecule has 0 aliphatic carbocycles. The van der Waals surface area contributed by atoms with Gasteiger partial charge < -0.3 is 19.3 Å². The largest absolute Gasteiger partial charge is 0.456 e. The van der Waals surface area contributed by atoms with Crippen molar-refractivity contribution in [3.63, 3.8) is 0 Å². The van der Waals surface area contributed by atoms with Crippen LogP contribution in [0.3, 0.4) is 0 Å². The molecule has 63 heavy (non-hydrogen) atoms. The van der Waals surface area contributed by atoms with Gasteiger partial charge in [-0.15, -0.1) is 22.7 Å². The zero-order valence-electron chi connectivity index (χ0n) is 32.7. The number of nitriles is 2. The molecule has 4 aromatic carbocycles. The van der Waals surface area contributed by atoms with Gasteiger partial charge in [-0.25, -0.2) is 36.3 Å². The topological polar surface area (TPSA) is 216 Å². The lowest BCUT2D eigenvalue weighted by Crippen LogP contribution is -2.29. The highest BCUT2D eigenvalue weighted by atomic mass is 32.2. The molecule has 2 aromatic heterocycles. The molecule has 15 nitrogen and oxygen atoms in total. The smallest absolute Gasteiger partial charge is 0.247 e. The molecule has 0 unspecified atom stereocenters. The molecule has 0 saturated carbocycles. The molecule has 10 rings (SSSR count). The fourth-order valence-corrected chi connectivity index (χ4v) is 10.5. The standard InChI is InChI=1S/C22H16N4O3S2.C17H11FN4O.C4H5NO2S2/c23-12-18-15(13-31(27,28)21-5-2-10-30-21)3-1-4-20(18)29-16-6-7-19-17(11-16)22-24-8-9-26(22)14-25-19;18-14-2-1-3-16(13(14)9-19)23-11-4-5-15-12(8-11)17-20-6-7-22(17)10-21-15;5-9(6,7)4-2-1-3-8-4/h1-7,10-11,14H,8-9,13H2;1-5,8,10H,6-7H2;1-3H,(H2,5,6,7). The van der Waals surface area contributed by atoms with E-state index >= 15 is 0 Å². The van der Waals surface area contributed by atoms with Crippen LogP contribution in [0.2, 0.25) is 0 Å². The Hall–Kier alpha value is -7.07. The van der Waals surface area contributed by atoms with Crippen LogP contribution in [0.15, 0.2) is 136 Å². The number of nitrogens with two attached hydrogens (primary N) is 1. The van der Waals surface area contributed by atoms with Crippen LogP contribution in [0.25, 0.3) is 0 Å². The van der Waals surface area contributed by atoms with E-state index in [9.17, 15) is 26.5 Å². The van der Waals surface area contributed by atoms with Gasteiger partial charge in [-0.3, -0.25) is 9.98 Å². The van der Waals surface area contributed by atoms with E-state index in [4.69, 9.17) is 19.9 Å². The van der Waals surface area contributed by atoms with Gasteiger partial charge in [-0.1, -0.05) is 30.3 Å². The highest BCUT2D eigenvalue weighted by Crippen LogP contribution is 2.36. The van der Waals surface area contributed by atoms with Crippen molar-refractivity contribution in [3.8, 4) is 35.1 Å². The molecule has 6 heterocycles. The molecule has 4 aliphatic rings. The zero-order valence-corrected chi connectivity index (χ0v) is 36.0. The number of benzene rings is 4. The highest BCUT2D eigenvalue weighted by Gasteiger charge is 2.26. The minimum absolute atomic E-state index is 0.108. The molecule has 2 N–H and O–H groups in total. The molecule has 0 atom stereocenters. The number of ether oxygens (including phenoxy) is 2. The summed E-state index contributed by atoms with van der Waals surface area (Å²) in [5, 5.41) is 27.0. The average Bonchev–Trinajstić information content (AvgIpc) is 4.12. The summed E-state index contributed by atoms with van der Waals surface area (Å²) in [6.07, 6.45) is 3.55. The number of hydrogen-bond acceptors (Lipinski definition) is 16. The van der Waals surface area contributed by atoms with Crippen LogP contribution in [0, 0.1) is 28.5 Å². The number of sulfone groups is 1. The Morgan fingerprint density at radius 3 is 1.70 bits per heavy atom. The van der Waals surface area contributed by atoms with E-state index in [0.29, 0.717) is 29.4 Å². The molecule has 4 aliphatic heterocycles. The number of aliphatic imine (C=N–C) groups is 4. The Labute approximate surface area is 369 Å². The van der Waals surface area contributed by atoms with Crippen LogP contribution < -0.4 is 14.6 Å². The summed E-state index contributed by atoms with van der Waals surface area (Å²) >= 11 is 2.28. The monoisotopic (exact) mass is 917 g/mol. The molecule has 0 bridgehead atoms. The predicted octanol–water partition coefficient (Wildman–Crippen LogP) is 7.74. The summed E-state index contributed by atoms with van der Waals surface area (Å²) in [4.78, 5) is 21.8. The third kappa shape index (κ3) is 9.40. The normalized spacial score (nSPS) is 14.2. The number of amidine groups is 2. The van der Waals surface area contributed by atoms with Gasteiger partial charge in [-0.2, -0.15) is 10.5 Å². The molecule has 0 radical (unpaired) electrons. The second-order valence-corrected chi connectivity index (χ2v) is 19.5. The average molecular weight is 918 g/mol. The van der Waals surface area contributed by atoms with Crippen molar-refractivity contribution < 1.29 is 30.7 Å². The molecule has 20 heteroatoms. The maximum atomic E-state index is 13.7. The second kappa shape index (κ2) is 18.1. The number of halogens is 1. The van der Waals surface area contributed by atoms with Gasteiger partial charge in [0, 0.05) is 24.2 Å². The summed E-state index contributed by atoms with van der Waals surface area (Å²) in [6, 6.07) is 30.5. The number of hydrogen-bond donors (Lipinski definition) is 1. The number of fused-ring (bicyclic) bond motifs is 6. The van der Waals surface area contributed by atoms with Gasteiger partial charge in [0.2, 0.25) is 10.0 Å². The zero-order chi connectivity index (χ0) is 44.1. The lowest BCUT2D eigenvalue weighted by molar-refractivity contribution is 0.474. The van der Waals surface area contributed by atoms with E-state index in [1.54, 1.807) is 78.0 Å². The summed E-state index contributed by atoms with van der Waals surface area (Å²) in [5.41, 5.74) is 3.86. The molecule has 0 spiro atoms. The fraction of sp³-hybridized carbons (Fsp3) is 0.116. The van der Waals surface area contributed by atoms with Crippen LogP contribution >= 0.6 is 22.7 Å². The van der Waals surface area contributed by atoms with Crippen LogP contribution in [0.4, 0.5) is 15.8 Å². The third-order valence-electron chi connectivity index (χ3n) is 9.53. The van der Waals surface area contributed by atoms with E-state index < -0.39 is 25.7 Å². The summed E-state index contributed by atoms with van der Waals surface area (Å²) < 4.78 is 72.2. The SMILES string of the molecule is N#Cc1c(CS(=O)(=O)c2cccs2)cccc1Oc1ccc2c(c1)C1=NCCN1C=N2.N#Cc1c(F)cccc1Oc1ccc2c(c1)C1=NCCN1C=N2.NS(=O)(=O)c1cccs1. The van der Waals surface area contributed by atoms with Gasteiger partial charge in [0.25, 0.3) is 0 Å². The molecule has 0 fully saturated rings. The lowest BCUT2D eigenvalue weighted by atomic mass is 10.1. The Morgan fingerprint density at radius 1 is 0.683 bits per heavy atom. The lowest BCUT2D eigenvalue weighted by Gasteiger charge is -2.21. The maximum absolute atomic E-state index is 13.7. The number of nitrogens with zero attached hydrogens (tertiary/aromatic N) is 8. The first-order valence-electron chi connectivity index (χ1n) is 18.8. The van der Waals surface area contributed by atoms with Crippen LogP contribution in [-0.2, 0) is 25.6 Å². The Morgan fingerprint density at radius 2 is 1.21 bits per heavy atom. The predicted molar refractivity (Wildman–Crippen MR) is 239 cm³/mol. The van der Waals surface area contributed by atoms with Crippen molar-refractivity contribution in [2.45, 2.75) is 14.2 Å². The van der Waals surface area contributed by atoms with E-state index in [1.807, 2.05) is 40.1 Å². The van der Waals surface area contributed by atoms with E-state index in [0.717, 1.165) is 76.5 Å². The van der Waals surface area contributed by atoms with Gasteiger partial charge in [0.1, 0.15) is 66.6 Å². The van der Waals surface area contributed by atoms with E-state index in [2.05, 4.69) is 26.0 Å². The van der Waals surface area contributed by atoms with Crippen molar-refractivity contribution in [1.29, 1.82) is 10.5 Å². The molecular weight excluding hydrogens is 886 g/mol. The van der Waals surface area contributed by atoms with Gasteiger partial charge in [-0.05, 0) is 83.1 Å². The molecular formula is C43H32FN9O6S4. The Bertz CT molecular complexity index is 3160. The third-order valence-corrected chi connectivity index (χ3v) is 15.0. The minimum Gasteiger partial charge on any atom is -0.456 e. The molecule has 0 amide bonds. The number of sulfonamides is 1. The van der Waals surface area contributed by atoms with Crippen molar-refractivity contribution in [2.75, 3.05) is 26.2 Å². The van der Waals surface area contributed by atoms with Crippen LogP contribution in [0.1, 0.15) is 27.8 Å². The highest BCUT2D eigenvalue weighted by molar-refractivity contribution is 7.92. The molecule has 316 valence electrons. The van der Waals surface area contributed by atoms with Crippen molar-refractivity contribution in [2.24, 2.45) is 25.1 Å². The molecule has 6 aromatic rings. The quantitative estimate of drug-likeness (QED) is 0.157. The number of thiophene rings is 2. The Balaban J connectivity index is 0.000000149. The number of rotatable bonds is 8. The minimum atomic E-state index is -3.54. The first-order chi connectivity index (χ1) is 30.4. The van der Waals surface area contributed by atoms with Gasteiger partial charge >= 0.3 is 0 Å². The van der Waals surface area contributed by atoms with Crippen molar-refractivity contribution in [3.05, 3.63) is 141 Å². The van der Waals surface area contributed by atoms with Crippen molar-refractivity contribution in [1.82, 2.24) is 9.80 Å². The van der Waals surface area contributed by atoms with Crippen molar-refractivity contribution >= 4 is 78.3 Å². The van der Waals surface area contributed by atoms with Gasteiger partial charge in [0.15, 0.2) is 9.84 Å². The van der Waals surface area contributed by atoms with E-state index in [-0.39, 0.29) is 31.0 Å². The Kier molecular flexibility index (Phi) is 12.2. The summed E-state index contributed by atoms with van der Waals surface area (Å²) in [7, 11) is -6.98. The van der Waals surface area contributed by atoms with Crippen LogP contribution in [0.5, 0.6) is 23.0 Å². The summed E-state index contributed by atoms with van der Waals surface area (Å²) in [5.74, 6) is 2.39. The van der Waals surface area contributed by atoms with Gasteiger partial charge in [0.05, 0.1) is 48.5 Å². The first kappa shape index (κ1) is 42.6. The molecule has 0 saturated heterocycles. The van der Waals surface area contributed by atoms with E-state index in [1.165, 1.54) is 18.2 Å².